The molecule has 9 nitrogen and oxygen atoms in total. The van der Waals surface area contributed by atoms with Gasteiger partial charge >= 0.3 is 6.09 Å². The number of benzene rings is 4. The van der Waals surface area contributed by atoms with E-state index in [1.165, 1.54) is 0 Å². The van der Waals surface area contributed by atoms with Crippen LogP contribution in [0, 0.1) is 13.8 Å². The van der Waals surface area contributed by atoms with Crippen LogP contribution in [0.15, 0.2) is 97.2 Å². The van der Waals surface area contributed by atoms with E-state index < -0.39 is 24.5 Å². The van der Waals surface area contributed by atoms with Gasteiger partial charge in [0.2, 0.25) is 5.91 Å². The number of rotatable bonds is 14. The van der Waals surface area contributed by atoms with Gasteiger partial charge in [-0.15, -0.1) is 0 Å². The van der Waals surface area contributed by atoms with Crippen molar-refractivity contribution in [1.82, 2.24) is 15.2 Å². The summed E-state index contributed by atoms with van der Waals surface area (Å²) in [6.07, 6.45) is 0.503. The minimum absolute atomic E-state index is 0.108. The van der Waals surface area contributed by atoms with Crippen LogP contribution in [0.1, 0.15) is 60.1 Å². The number of phenolic OH excluding ortho intramolecular Hbond substituents is 1. The fourth-order valence-corrected chi connectivity index (χ4v) is 7.38. The van der Waals surface area contributed by atoms with Crippen molar-refractivity contribution in [2.24, 2.45) is 0 Å². The van der Waals surface area contributed by atoms with Gasteiger partial charge in [0.15, 0.2) is 6.29 Å². The number of amides is 2. The van der Waals surface area contributed by atoms with Crippen molar-refractivity contribution in [3.63, 3.8) is 0 Å². The molecule has 270 valence electrons. The number of pyridine rings is 1. The van der Waals surface area contributed by atoms with Gasteiger partial charge in [-0.05, 0) is 97.3 Å². The first-order chi connectivity index (χ1) is 25.2. The highest BCUT2D eigenvalue weighted by Gasteiger charge is 2.36. The molecule has 1 aromatic heterocycles. The van der Waals surface area contributed by atoms with Gasteiger partial charge in [0.25, 0.3) is 0 Å². The highest BCUT2D eigenvalue weighted by molar-refractivity contribution is 5.88. The van der Waals surface area contributed by atoms with E-state index in [4.69, 9.17) is 14.2 Å². The van der Waals surface area contributed by atoms with Crippen LogP contribution < -0.4 is 5.32 Å². The molecular formula is C43H47N3O6. The number of carbonyl (C=O) groups excluding carboxylic acids is 2. The van der Waals surface area contributed by atoms with E-state index in [1.807, 2.05) is 89.2 Å². The summed E-state index contributed by atoms with van der Waals surface area (Å²) >= 11 is 0. The van der Waals surface area contributed by atoms with Crippen LogP contribution in [-0.2, 0) is 32.0 Å². The zero-order valence-electron chi connectivity index (χ0n) is 30.5. The number of carbonyl (C=O) groups is 2. The molecule has 1 heterocycles. The first-order valence-electron chi connectivity index (χ1n) is 18.0. The molecule has 2 N–H and O–H groups in total. The average molecular weight is 702 g/mol. The van der Waals surface area contributed by atoms with E-state index in [0.717, 1.165) is 55.4 Å². The molecule has 0 aliphatic heterocycles. The van der Waals surface area contributed by atoms with Crippen LogP contribution in [0.25, 0.3) is 22.0 Å². The molecule has 2 amide bonds. The maximum Gasteiger partial charge on any atom is 0.407 e. The molecule has 0 bridgehead atoms. The molecule has 0 radical (unpaired) electrons. The molecule has 2 atom stereocenters. The van der Waals surface area contributed by atoms with Crippen LogP contribution in [-0.4, -0.2) is 65.2 Å². The summed E-state index contributed by atoms with van der Waals surface area (Å²) in [5.74, 6) is -0.325. The van der Waals surface area contributed by atoms with Crippen molar-refractivity contribution in [3.8, 4) is 16.9 Å². The number of alkyl carbamates (subject to hydrolysis) is 1. The number of nitrogens with zero attached hydrogens (tertiary/aromatic N) is 2. The maximum absolute atomic E-state index is 15.0. The Balaban J connectivity index is 1.33. The van der Waals surface area contributed by atoms with Gasteiger partial charge in [-0.25, -0.2) is 4.79 Å². The largest absolute Gasteiger partial charge is 0.508 e. The third kappa shape index (κ3) is 7.81. The first-order valence-corrected chi connectivity index (χ1v) is 18.0. The summed E-state index contributed by atoms with van der Waals surface area (Å²) in [7, 11) is 0. The topological polar surface area (TPSA) is 110 Å². The second-order valence-corrected chi connectivity index (χ2v) is 13.3. The van der Waals surface area contributed by atoms with Crippen molar-refractivity contribution < 1.29 is 28.9 Å². The molecule has 0 unspecified atom stereocenters. The van der Waals surface area contributed by atoms with Crippen LogP contribution in [0.3, 0.4) is 0 Å². The number of aromatic hydroxyl groups is 1. The Morgan fingerprint density at radius 3 is 2.12 bits per heavy atom. The van der Waals surface area contributed by atoms with Crippen molar-refractivity contribution in [2.45, 2.75) is 71.9 Å². The molecule has 1 aliphatic rings. The number of fused-ring (bicyclic) bond motifs is 4. The monoisotopic (exact) mass is 701 g/mol. The normalized spacial score (nSPS) is 13.4. The lowest BCUT2D eigenvalue weighted by molar-refractivity contribution is -0.179. The SMILES string of the molecule is CCOC(OCC)[C@H](C)N(Cc1cccc2cccnc12)C(=O)[C@H](Cc1c(C)cc(O)cc1C)NC(=O)OCC1c2ccccc2-c2ccccc21. The number of aryl methyl sites for hydroxylation is 2. The molecule has 6 rings (SSSR count). The summed E-state index contributed by atoms with van der Waals surface area (Å²) in [5, 5.41) is 14.2. The zero-order chi connectivity index (χ0) is 36.8. The van der Waals surface area contributed by atoms with E-state index in [-0.39, 0.29) is 37.1 Å². The lowest BCUT2D eigenvalue weighted by Crippen LogP contribution is -2.55. The maximum atomic E-state index is 15.0. The Kier molecular flexibility index (Phi) is 11.5. The second-order valence-electron chi connectivity index (χ2n) is 13.3. The van der Waals surface area contributed by atoms with E-state index in [9.17, 15) is 9.90 Å². The zero-order valence-corrected chi connectivity index (χ0v) is 30.5. The van der Waals surface area contributed by atoms with Crippen molar-refractivity contribution in [1.29, 1.82) is 0 Å². The highest BCUT2D eigenvalue weighted by atomic mass is 16.7. The second kappa shape index (κ2) is 16.4. The number of hydrogen-bond donors (Lipinski definition) is 2. The predicted molar refractivity (Wildman–Crippen MR) is 202 cm³/mol. The van der Waals surface area contributed by atoms with Crippen LogP contribution >= 0.6 is 0 Å². The number of aromatic nitrogens is 1. The molecule has 1 aliphatic carbocycles. The minimum atomic E-state index is -1.02. The van der Waals surface area contributed by atoms with Gasteiger partial charge in [-0.3, -0.25) is 9.78 Å². The molecule has 9 heteroatoms. The van der Waals surface area contributed by atoms with Crippen LogP contribution in [0.5, 0.6) is 5.75 Å². The van der Waals surface area contributed by atoms with E-state index in [2.05, 4.69) is 34.6 Å². The van der Waals surface area contributed by atoms with Crippen molar-refractivity contribution >= 4 is 22.9 Å². The van der Waals surface area contributed by atoms with Gasteiger partial charge in [0, 0.05) is 43.7 Å². The molecule has 0 fully saturated rings. The van der Waals surface area contributed by atoms with E-state index in [1.54, 1.807) is 23.2 Å². The third-order valence-corrected chi connectivity index (χ3v) is 9.91. The molecule has 52 heavy (non-hydrogen) atoms. The smallest absolute Gasteiger partial charge is 0.407 e. The van der Waals surface area contributed by atoms with Gasteiger partial charge in [0.05, 0.1) is 11.6 Å². The fraction of sp³-hybridized carbons (Fsp3) is 0.326. The number of hydrogen-bond acceptors (Lipinski definition) is 7. The van der Waals surface area contributed by atoms with Crippen molar-refractivity contribution in [3.05, 3.63) is 131 Å². The Labute approximate surface area is 305 Å². The van der Waals surface area contributed by atoms with Gasteiger partial charge < -0.3 is 29.5 Å². The number of nitrogens with one attached hydrogen (secondary N) is 1. The van der Waals surface area contributed by atoms with E-state index in [0.29, 0.717) is 13.2 Å². The summed E-state index contributed by atoms with van der Waals surface area (Å²) in [4.78, 5) is 35.2. The average Bonchev–Trinajstić information content (AvgIpc) is 3.46. The van der Waals surface area contributed by atoms with E-state index >= 15 is 4.79 Å². The molecule has 0 spiro atoms. The van der Waals surface area contributed by atoms with Gasteiger partial charge in [-0.1, -0.05) is 72.8 Å². The Morgan fingerprint density at radius 1 is 0.865 bits per heavy atom. The van der Waals surface area contributed by atoms with Crippen LogP contribution in [0.4, 0.5) is 4.79 Å². The van der Waals surface area contributed by atoms with Crippen molar-refractivity contribution in [2.75, 3.05) is 19.8 Å². The number of phenols is 1. The third-order valence-electron chi connectivity index (χ3n) is 9.91. The number of ether oxygens (including phenoxy) is 3. The highest BCUT2D eigenvalue weighted by Crippen LogP contribution is 2.44. The summed E-state index contributed by atoms with van der Waals surface area (Å²) in [6.45, 7) is 10.5. The molecular weight excluding hydrogens is 654 g/mol. The summed E-state index contributed by atoms with van der Waals surface area (Å²) in [6, 6.07) is 27.9. The molecule has 0 saturated heterocycles. The fourth-order valence-electron chi connectivity index (χ4n) is 7.38. The Bertz CT molecular complexity index is 1970. The Morgan fingerprint density at radius 2 is 1.48 bits per heavy atom. The standard InChI is InChI=1S/C43H47N3O6/c1-6-50-42(51-7-2)29(5)46(25-31-15-12-14-30-16-13-21-44-40(30)31)41(48)39(24-37-27(3)22-32(47)23-28(37)4)45-43(49)52-26-38-35-19-10-8-17-33(35)34-18-9-11-20-36(34)38/h8-23,29,38-39,42,47H,6-7,24-26H2,1-5H3,(H,45,49)/t29-,39-/m0/s1. The number of para-hydroxylation sites is 1. The molecule has 5 aromatic rings. The predicted octanol–water partition coefficient (Wildman–Crippen LogP) is 7.82. The van der Waals surface area contributed by atoms with Crippen LogP contribution in [0.2, 0.25) is 0 Å². The first kappa shape index (κ1) is 36.5. The minimum Gasteiger partial charge on any atom is -0.508 e. The lowest BCUT2D eigenvalue weighted by Gasteiger charge is -2.37. The quantitative estimate of drug-likeness (QED) is 0.114. The molecule has 4 aromatic carbocycles. The van der Waals surface area contributed by atoms with Gasteiger partial charge in [-0.2, -0.15) is 0 Å². The summed E-state index contributed by atoms with van der Waals surface area (Å²) < 4.78 is 18.0. The van der Waals surface area contributed by atoms with Gasteiger partial charge in [0.1, 0.15) is 18.4 Å². The lowest BCUT2D eigenvalue weighted by atomic mass is 9.95. The molecule has 0 saturated carbocycles. The summed E-state index contributed by atoms with van der Waals surface area (Å²) in [5.41, 5.74) is 8.55. The Hall–Kier alpha value is -5.25.